The topological polar surface area (TPSA) is 49.4 Å². The standard InChI is InChI=1S/C30H35BrN2O2/c1-21(2)19-32-30(35)28(17-24-9-6-5-7-10-24)33(20-25-11-8-12-27(31)16-25)29(34)18-26-15-22(3)13-14-23(26)4/h5-16,21,28H,17-20H2,1-4H3,(H,32,35)/t28-/m1/s1. The van der Waals surface area contributed by atoms with Gasteiger partial charge in [0.2, 0.25) is 11.8 Å². The molecule has 2 amide bonds. The molecule has 3 aromatic rings. The van der Waals surface area contributed by atoms with Crippen LogP contribution in [0, 0.1) is 19.8 Å². The van der Waals surface area contributed by atoms with Crippen molar-refractivity contribution in [3.05, 3.63) is 105 Å². The van der Waals surface area contributed by atoms with E-state index in [0.29, 0.717) is 25.4 Å². The summed E-state index contributed by atoms with van der Waals surface area (Å²) in [6.45, 7) is 9.12. The van der Waals surface area contributed by atoms with Crippen LogP contribution in [0.5, 0.6) is 0 Å². The van der Waals surface area contributed by atoms with Gasteiger partial charge < -0.3 is 10.2 Å². The normalized spacial score (nSPS) is 11.8. The van der Waals surface area contributed by atoms with E-state index in [1.807, 2.05) is 74.5 Å². The van der Waals surface area contributed by atoms with Crippen LogP contribution in [0.3, 0.4) is 0 Å². The highest BCUT2D eigenvalue weighted by Crippen LogP contribution is 2.20. The molecule has 0 fully saturated rings. The predicted octanol–water partition coefficient (Wildman–Crippen LogP) is 6.02. The molecule has 4 nitrogen and oxygen atoms in total. The van der Waals surface area contributed by atoms with Crippen LogP contribution in [0.25, 0.3) is 0 Å². The second kappa shape index (κ2) is 12.7. The van der Waals surface area contributed by atoms with Crippen LogP contribution >= 0.6 is 15.9 Å². The fourth-order valence-electron chi connectivity index (χ4n) is 4.06. The molecule has 0 aliphatic carbocycles. The molecule has 1 N–H and O–H groups in total. The first-order chi connectivity index (χ1) is 16.7. The smallest absolute Gasteiger partial charge is 0.243 e. The summed E-state index contributed by atoms with van der Waals surface area (Å²) in [5.74, 6) is 0.145. The summed E-state index contributed by atoms with van der Waals surface area (Å²) in [4.78, 5) is 29.1. The van der Waals surface area contributed by atoms with Crippen LogP contribution in [-0.4, -0.2) is 29.3 Å². The molecule has 0 spiro atoms. The maximum atomic E-state index is 13.9. The van der Waals surface area contributed by atoms with Crippen molar-refractivity contribution in [2.45, 2.75) is 53.1 Å². The molecule has 184 valence electrons. The van der Waals surface area contributed by atoms with E-state index in [2.05, 4.69) is 47.2 Å². The van der Waals surface area contributed by atoms with Crippen LogP contribution in [-0.2, 0) is 29.0 Å². The molecule has 0 saturated heterocycles. The number of amides is 2. The lowest BCUT2D eigenvalue weighted by molar-refractivity contribution is -0.140. The minimum Gasteiger partial charge on any atom is -0.354 e. The molecule has 1 atom stereocenters. The molecule has 0 radical (unpaired) electrons. The minimum atomic E-state index is -0.618. The van der Waals surface area contributed by atoms with Crippen LogP contribution in [0.2, 0.25) is 0 Å². The molecular formula is C30H35BrN2O2. The predicted molar refractivity (Wildman–Crippen MR) is 146 cm³/mol. The van der Waals surface area contributed by atoms with E-state index in [1.54, 1.807) is 4.90 Å². The molecular weight excluding hydrogens is 500 g/mol. The zero-order chi connectivity index (χ0) is 25.4. The molecule has 3 aromatic carbocycles. The van der Waals surface area contributed by atoms with Gasteiger partial charge in [0.05, 0.1) is 6.42 Å². The summed E-state index contributed by atoms with van der Waals surface area (Å²) in [6, 6.07) is 23.4. The van der Waals surface area contributed by atoms with E-state index >= 15 is 0 Å². The Hall–Kier alpha value is -2.92. The molecule has 0 aliphatic rings. The summed E-state index contributed by atoms with van der Waals surface area (Å²) in [5.41, 5.74) is 5.19. The molecule has 3 rings (SSSR count). The summed E-state index contributed by atoms with van der Waals surface area (Å²) >= 11 is 3.54. The van der Waals surface area contributed by atoms with Gasteiger partial charge in [-0.1, -0.05) is 96.0 Å². The van der Waals surface area contributed by atoms with Gasteiger partial charge in [0.25, 0.3) is 0 Å². The van der Waals surface area contributed by atoms with Crippen LogP contribution in [0.4, 0.5) is 0 Å². The van der Waals surface area contributed by atoms with Gasteiger partial charge in [-0.2, -0.15) is 0 Å². The second-order valence-electron chi connectivity index (χ2n) is 9.60. The van der Waals surface area contributed by atoms with Gasteiger partial charge in [-0.25, -0.2) is 0 Å². The van der Waals surface area contributed by atoms with E-state index in [-0.39, 0.29) is 18.2 Å². The number of hydrogen-bond acceptors (Lipinski definition) is 2. The number of halogens is 1. The van der Waals surface area contributed by atoms with Crippen molar-refractivity contribution in [1.29, 1.82) is 0 Å². The van der Waals surface area contributed by atoms with Gasteiger partial charge in [-0.05, 0) is 54.2 Å². The first-order valence-corrected chi connectivity index (χ1v) is 12.9. The third-order valence-electron chi connectivity index (χ3n) is 6.04. The van der Waals surface area contributed by atoms with E-state index < -0.39 is 6.04 Å². The van der Waals surface area contributed by atoms with Crippen LogP contribution < -0.4 is 5.32 Å². The highest BCUT2D eigenvalue weighted by molar-refractivity contribution is 9.10. The Morgan fingerprint density at radius 3 is 2.31 bits per heavy atom. The lowest BCUT2D eigenvalue weighted by Gasteiger charge is -2.32. The summed E-state index contributed by atoms with van der Waals surface area (Å²) < 4.78 is 0.945. The number of rotatable bonds is 10. The molecule has 0 aliphatic heterocycles. The largest absolute Gasteiger partial charge is 0.354 e. The Morgan fingerprint density at radius 1 is 0.914 bits per heavy atom. The fraction of sp³-hybridized carbons (Fsp3) is 0.333. The molecule has 35 heavy (non-hydrogen) atoms. The monoisotopic (exact) mass is 534 g/mol. The molecule has 5 heteroatoms. The van der Waals surface area contributed by atoms with E-state index in [1.165, 1.54) is 0 Å². The Morgan fingerprint density at radius 2 is 1.63 bits per heavy atom. The number of aryl methyl sites for hydroxylation is 2. The van der Waals surface area contributed by atoms with E-state index in [0.717, 1.165) is 32.3 Å². The number of carbonyl (C=O) groups excluding carboxylic acids is 2. The Kier molecular flexibility index (Phi) is 9.67. The van der Waals surface area contributed by atoms with Gasteiger partial charge in [0.15, 0.2) is 0 Å². The highest BCUT2D eigenvalue weighted by Gasteiger charge is 2.30. The SMILES string of the molecule is Cc1ccc(C)c(CC(=O)N(Cc2cccc(Br)c2)[C@H](Cc2ccccc2)C(=O)NCC(C)C)c1. The van der Waals surface area contributed by atoms with Crippen LogP contribution in [0.15, 0.2) is 77.3 Å². The van der Waals surface area contributed by atoms with Crippen molar-refractivity contribution in [2.24, 2.45) is 5.92 Å². The Labute approximate surface area is 217 Å². The molecule has 0 bridgehead atoms. The van der Waals surface area contributed by atoms with Gasteiger partial charge in [-0.15, -0.1) is 0 Å². The van der Waals surface area contributed by atoms with Crippen LogP contribution in [0.1, 0.15) is 41.7 Å². The van der Waals surface area contributed by atoms with Crippen molar-refractivity contribution < 1.29 is 9.59 Å². The summed E-state index contributed by atoms with van der Waals surface area (Å²) in [5, 5.41) is 3.08. The number of nitrogens with zero attached hydrogens (tertiary/aromatic N) is 1. The number of carbonyl (C=O) groups is 2. The first-order valence-electron chi connectivity index (χ1n) is 12.1. The Balaban J connectivity index is 1.98. The van der Waals surface area contributed by atoms with Crippen molar-refractivity contribution in [1.82, 2.24) is 10.2 Å². The summed E-state index contributed by atoms with van der Waals surface area (Å²) in [7, 11) is 0. The lowest BCUT2D eigenvalue weighted by Crippen LogP contribution is -2.51. The second-order valence-corrected chi connectivity index (χ2v) is 10.5. The first kappa shape index (κ1) is 26.7. The average molecular weight is 536 g/mol. The van der Waals surface area contributed by atoms with Crippen molar-refractivity contribution in [3.8, 4) is 0 Å². The van der Waals surface area contributed by atoms with E-state index in [9.17, 15) is 9.59 Å². The quantitative estimate of drug-likeness (QED) is 0.345. The van der Waals surface area contributed by atoms with Gasteiger partial charge in [-0.3, -0.25) is 9.59 Å². The van der Waals surface area contributed by atoms with Crippen molar-refractivity contribution >= 4 is 27.7 Å². The van der Waals surface area contributed by atoms with Gasteiger partial charge in [0.1, 0.15) is 6.04 Å². The van der Waals surface area contributed by atoms with E-state index in [4.69, 9.17) is 0 Å². The number of benzene rings is 3. The third-order valence-corrected chi connectivity index (χ3v) is 6.54. The maximum Gasteiger partial charge on any atom is 0.243 e. The van der Waals surface area contributed by atoms with Crippen molar-refractivity contribution in [3.63, 3.8) is 0 Å². The Bertz CT molecular complexity index is 1140. The minimum absolute atomic E-state index is 0.0562. The summed E-state index contributed by atoms with van der Waals surface area (Å²) in [6.07, 6.45) is 0.710. The number of hydrogen-bond donors (Lipinski definition) is 1. The molecule has 0 heterocycles. The lowest BCUT2D eigenvalue weighted by atomic mass is 9.99. The van der Waals surface area contributed by atoms with Gasteiger partial charge in [0, 0.05) is 24.0 Å². The molecule has 0 aromatic heterocycles. The highest BCUT2D eigenvalue weighted by atomic mass is 79.9. The average Bonchev–Trinajstić information content (AvgIpc) is 2.82. The maximum absolute atomic E-state index is 13.9. The third kappa shape index (κ3) is 8.07. The zero-order valence-electron chi connectivity index (χ0n) is 21.1. The zero-order valence-corrected chi connectivity index (χ0v) is 22.6. The number of nitrogens with one attached hydrogen (secondary N) is 1. The fourth-order valence-corrected chi connectivity index (χ4v) is 4.51. The molecule has 0 saturated carbocycles. The molecule has 0 unspecified atom stereocenters. The van der Waals surface area contributed by atoms with Gasteiger partial charge >= 0.3 is 0 Å². The van der Waals surface area contributed by atoms with Crippen molar-refractivity contribution in [2.75, 3.05) is 6.54 Å².